The standard InChI is InChI=1S/C5H6ClNS.ClH/c6-4-1-2-8-5(4)3-7;/h1-2H,3,7H2;1H. The number of nitrogens with two attached hydrogens (primary N) is 1. The maximum atomic E-state index is 5.67. The highest BCUT2D eigenvalue weighted by molar-refractivity contribution is 7.10. The van der Waals surface area contributed by atoms with Gasteiger partial charge in [-0.15, -0.1) is 23.7 Å². The summed E-state index contributed by atoms with van der Waals surface area (Å²) >= 11 is 7.26. The zero-order valence-corrected chi connectivity index (χ0v) is 7.02. The van der Waals surface area contributed by atoms with E-state index in [1.807, 2.05) is 11.4 Å². The maximum Gasteiger partial charge on any atom is 0.0558 e. The summed E-state index contributed by atoms with van der Waals surface area (Å²) in [5.74, 6) is 0. The number of halogens is 2. The fourth-order valence-corrected chi connectivity index (χ4v) is 1.46. The van der Waals surface area contributed by atoms with Crippen molar-refractivity contribution in [1.29, 1.82) is 0 Å². The summed E-state index contributed by atoms with van der Waals surface area (Å²) in [6.45, 7) is 0.552. The molecule has 1 aromatic heterocycles. The molecule has 0 radical (unpaired) electrons. The van der Waals surface area contributed by atoms with Gasteiger partial charge in [-0.05, 0) is 11.4 Å². The monoisotopic (exact) mass is 183 g/mol. The van der Waals surface area contributed by atoms with E-state index in [9.17, 15) is 0 Å². The van der Waals surface area contributed by atoms with Crippen LogP contribution < -0.4 is 5.73 Å². The van der Waals surface area contributed by atoms with E-state index in [0.717, 1.165) is 9.90 Å². The molecular weight excluding hydrogens is 177 g/mol. The van der Waals surface area contributed by atoms with Gasteiger partial charge < -0.3 is 5.73 Å². The van der Waals surface area contributed by atoms with E-state index in [2.05, 4.69) is 0 Å². The summed E-state index contributed by atoms with van der Waals surface area (Å²) in [7, 11) is 0. The highest BCUT2D eigenvalue weighted by atomic mass is 35.5. The molecule has 0 fully saturated rings. The van der Waals surface area contributed by atoms with Gasteiger partial charge in [0, 0.05) is 11.4 Å². The van der Waals surface area contributed by atoms with Crippen molar-refractivity contribution in [2.45, 2.75) is 6.54 Å². The number of rotatable bonds is 1. The van der Waals surface area contributed by atoms with E-state index < -0.39 is 0 Å². The van der Waals surface area contributed by atoms with Crippen LogP contribution in [0.15, 0.2) is 11.4 Å². The van der Waals surface area contributed by atoms with Crippen LogP contribution in [0.3, 0.4) is 0 Å². The Bertz CT molecular complexity index is 175. The van der Waals surface area contributed by atoms with Crippen LogP contribution in [0.25, 0.3) is 0 Å². The molecule has 0 aliphatic heterocycles. The summed E-state index contributed by atoms with van der Waals surface area (Å²) < 4.78 is 0. The fraction of sp³-hybridized carbons (Fsp3) is 0.200. The molecule has 1 aromatic rings. The van der Waals surface area contributed by atoms with Crippen molar-refractivity contribution >= 4 is 35.3 Å². The van der Waals surface area contributed by atoms with Crippen LogP contribution in [-0.2, 0) is 6.54 Å². The van der Waals surface area contributed by atoms with Gasteiger partial charge in [0.1, 0.15) is 0 Å². The predicted molar refractivity (Wildman–Crippen MR) is 44.5 cm³/mol. The van der Waals surface area contributed by atoms with Crippen LogP contribution in [0.5, 0.6) is 0 Å². The normalized spacial score (nSPS) is 8.67. The molecule has 0 atom stereocenters. The van der Waals surface area contributed by atoms with Crippen molar-refractivity contribution in [3.8, 4) is 0 Å². The Kier molecular flexibility index (Phi) is 4.23. The molecule has 0 aromatic carbocycles. The van der Waals surface area contributed by atoms with Crippen molar-refractivity contribution < 1.29 is 0 Å². The molecule has 0 bridgehead atoms. The van der Waals surface area contributed by atoms with E-state index in [1.54, 1.807) is 11.3 Å². The highest BCUT2D eigenvalue weighted by Gasteiger charge is 1.95. The largest absolute Gasteiger partial charge is 0.326 e. The first-order valence-corrected chi connectivity index (χ1v) is 3.52. The first kappa shape index (κ1) is 9.24. The molecule has 1 rings (SSSR count). The SMILES string of the molecule is Cl.NCc1sccc1Cl. The third kappa shape index (κ3) is 2.14. The van der Waals surface area contributed by atoms with E-state index >= 15 is 0 Å². The molecule has 0 saturated heterocycles. The lowest BCUT2D eigenvalue weighted by atomic mass is 10.5. The summed E-state index contributed by atoms with van der Waals surface area (Å²) in [6, 6.07) is 1.86. The first-order valence-electron chi connectivity index (χ1n) is 2.26. The van der Waals surface area contributed by atoms with Crippen molar-refractivity contribution in [2.24, 2.45) is 5.73 Å². The topological polar surface area (TPSA) is 26.0 Å². The van der Waals surface area contributed by atoms with E-state index in [1.165, 1.54) is 0 Å². The minimum Gasteiger partial charge on any atom is -0.326 e. The Balaban J connectivity index is 0.000000640. The smallest absolute Gasteiger partial charge is 0.0558 e. The summed E-state index contributed by atoms with van der Waals surface area (Å²) in [6.07, 6.45) is 0. The Morgan fingerprint density at radius 3 is 2.56 bits per heavy atom. The number of hydrogen-bond donors (Lipinski definition) is 1. The van der Waals surface area contributed by atoms with Crippen LogP contribution in [0.4, 0.5) is 0 Å². The van der Waals surface area contributed by atoms with Gasteiger partial charge in [0.15, 0.2) is 0 Å². The molecular formula is C5H7Cl2NS. The van der Waals surface area contributed by atoms with Gasteiger partial charge in [-0.25, -0.2) is 0 Å². The molecule has 2 N–H and O–H groups in total. The zero-order valence-electron chi connectivity index (χ0n) is 4.63. The Morgan fingerprint density at radius 2 is 2.33 bits per heavy atom. The van der Waals surface area contributed by atoms with Gasteiger partial charge in [0.05, 0.1) is 5.02 Å². The minimum atomic E-state index is 0. The molecule has 9 heavy (non-hydrogen) atoms. The Hall–Kier alpha value is 0.240. The molecule has 0 unspecified atom stereocenters. The Labute approximate surface area is 69.2 Å². The van der Waals surface area contributed by atoms with Crippen molar-refractivity contribution in [2.75, 3.05) is 0 Å². The van der Waals surface area contributed by atoms with Crippen LogP contribution in [0.2, 0.25) is 5.02 Å². The molecule has 0 amide bonds. The average molecular weight is 184 g/mol. The third-order valence-corrected chi connectivity index (χ3v) is 2.29. The lowest BCUT2D eigenvalue weighted by Gasteiger charge is -1.85. The predicted octanol–water partition coefficient (Wildman–Crippen LogP) is 2.28. The second-order valence-corrected chi connectivity index (χ2v) is 2.80. The Morgan fingerprint density at radius 1 is 1.67 bits per heavy atom. The molecule has 52 valence electrons. The average Bonchev–Trinajstić information content (AvgIpc) is 2.14. The van der Waals surface area contributed by atoms with Gasteiger partial charge in [-0.2, -0.15) is 0 Å². The van der Waals surface area contributed by atoms with E-state index in [0.29, 0.717) is 6.54 Å². The second-order valence-electron chi connectivity index (χ2n) is 1.40. The summed E-state index contributed by atoms with van der Waals surface area (Å²) in [4.78, 5) is 1.06. The second kappa shape index (κ2) is 4.12. The zero-order chi connectivity index (χ0) is 5.98. The molecule has 1 heterocycles. The van der Waals surface area contributed by atoms with E-state index in [4.69, 9.17) is 17.3 Å². The molecule has 0 spiro atoms. The van der Waals surface area contributed by atoms with Crippen molar-refractivity contribution in [3.05, 3.63) is 21.3 Å². The molecule has 1 nitrogen and oxygen atoms in total. The minimum absolute atomic E-state index is 0. The van der Waals surface area contributed by atoms with Gasteiger partial charge in [0.25, 0.3) is 0 Å². The summed E-state index contributed by atoms with van der Waals surface area (Å²) in [5, 5.41) is 2.72. The fourth-order valence-electron chi connectivity index (χ4n) is 0.471. The lowest BCUT2D eigenvalue weighted by molar-refractivity contribution is 1.11. The van der Waals surface area contributed by atoms with E-state index in [-0.39, 0.29) is 12.4 Å². The van der Waals surface area contributed by atoms with Gasteiger partial charge in [0.2, 0.25) is 0 Å². The van der Waals surface area contributed by atoms with Gasteiger partial charge in [-0.3, -0.25) is 0 Å². The summed E-state index contributed by atoms with van der Waals surface area (Å²) in [5.41, 5.74) is 5.32. The number of hydrogen-bond acceptors (Lipinski definition) is 2. The number of thiophene rings is 1. The van der Waals surface area contributed by atoms with Gasteiger partial charge in [-0.1, -0.05) is 11.6 Å². The van der Waals surface area contributed by atoms with Crippen LogP contribution >= 0.6 is 35.3 Å². The van der Waals surface area contributed by atoms with Crippen LogP contribution in [0, 0.1) is 0 Å². The van der Waals surface area contributed by atoms with Gasteiger partial charge >= 0.3 is 0 Å². The van der Waals surface area contributed by atoms with Crippen LogP contribution in [-0.4, -0.2) is 0 Å². The highest BCUT2D eigenvalue weighted by Crippen LogP contribution is 2.20. The first-order chi connectivity index (χ1) is 3.84. The lowest BCUT2D eigenvalue weighted by Crippen LogP contribution is -1.92. The van der Waals surface area contributed by atoms with Crippen molar-refractivity contribution in [3.63, 3.8) is 0 Å². The van der Waals surface area contributed by atoms with Crippen molar-refractivity contribution in [1.82, 2.24) is 0 Å². The quantitative estimate of drug-likeness (QED) is 0.711. The molecule has 4 heteroatoms. The van der Waals surface area contributed by atoms with Crippen LogP contribution in [0.1, 0.15) is 4.88 Å². The maximum absolute atomic E-state index is 5.67. The third-order valence-electron chi connectivity index (χ3n) is 0.876. The molecule has 0 aliphatic carbocycles. The molecule has 0 saturated carbocycles. The molecule has 0 aliphatic rings.